The number of carbonyl (C=O) groups is 4. The Labute approximate surface area is 97.1 Å². The van der Waals surface area contributed by atoms with Gasteiger partial charge in [0.25, 0.3) is 0 Å². The number of hydrogen-bond donors (Lipinski definition) is 3. The molecule has 17 heavy (non-hydrogen) atoms. The molecule has 7 heteroatoms. The van der Waals surface area contributed by atoms with Gasteiger partial charge in [0.05, 0.1) is 6.42 Å². The Morgan fingerprint density at radius 2 is 1.76 bits per heavy atom. The van der Waals surface area contributed by atoms with Crippen molar-refractivity contribution in [2.24, 2.45) is 0 Å². The molecule has 0 aromatic rings. The van der Waals surface area contributed by atoms with E-state index in [-0.39, 0.29) is 30.7 Å². The number of rotatable bonds is 7. The van der Waals surface area contributed by atoms with E-state index in [1.54, 1.807) is 0 Å². The minimum atomic E-state index is -1.36. The molecule has 0 bridgehead atoms. The van der Waals surface area contributed by atoms with Gasteiger partial charge in [-0.3, -0.25) is 9.59 Å². The second-order valence-electron chi connectivity index (χ2n) is 3.29. The number of carboxylic acid groups (broad SMARTS) is 2. The van der Waals surface area contributed by atoms with E-state index in [1.165, 1.54) is 6.92 Å². The lowest BCUT2D eigenvalue weighted by Crippen LogP contribution is -2.27. The largest absolute Gasteiger partial charge is 0.478 e. The molecule has 0 unspecified atom stereocenters. The van der Waals surface area contributed by atoms with Crippen LogP contribution >= 0.6 is 0 Å². The van der Waals surface area contributed by atoms with E-state index >= 15 is 0 Å². The maximum atomic E-state index is 11.0. The smallest absolute Gasteiger partial charge is 0.331 e. The standard InChI is InChI=1S/C10H13NO6/c1-6(12)4-8(13)11-3-2-7(10(16)17)5-9(14)15/h5H,2-4H2,1H3,(H,11,13)(H,14,15)(H,16,17)/b7-5-. The van der Waals surface area contributed by atoms with E-state index in [1.807, 2.05) is 0 Å². The Kier molecular flexibility index (Phi) is 6.24. The monoisotopic (exact) mass is 243 g/mol. The van der Waals surface area contributed by atoms with Gasteiger partial charge < -0.3 is 15.5 Å². The maximum absolute atomic E-state index is 11.0. The van der Waals surface area contributed by atoms with Crippen LogP contribution in [0.1, 0.15) is 19.8 Å². The Morgan fingerprint density at radius 1 is 1.18 bits per heavy atom. The van der Waals surface area contributed by atoms with Gasteiger partial charge in [0.2, 0.25) is 5.91 Å². The first kappa shape index (κ1) is 14.8. The molecule has 7 nitrogen and oxygen atoms in total. The van der Waals surface area contributed by atoms with Gasteiger partial charge in [-0.05, 0) is 13.3 Å². The normalized spacial score (nSPS) is 10.8. The molecule has 0 fully saturated rings. The van der Waals surface area contributed by atoms with E-state index in [2.05, 4.69) is 5.32 Å². The number of aliphatic carboxylic acids is 2. The molecule has 3 N–H and O–H groups in total. The summed E-state index contributed by atoms with van der Waals surface area (Å²) in [6.45, 7) is 1.23. The molecule has 0 aliphatic heterocycles. The van der Waals surface area contributed by atoms with Crippen LogP contribution in [0.5, 0.6) is 0 Å². The summed E-state index contributed by atoms with van der Waals surface area (Å²) in [6.07, 6.45) is 0.176. The number of Topliss-reactive ketones (excluding diaryl/α,β-unsaturated/α-hetero) is 1. The maximum Gasteiger partial charge on any atom is 0.331 e. The fraction of sp³-hybridized carbons (Fsp3) is 0.400. The lowest BCUT2D eigenvalue weighted by atomic mass is 10.1. The van der Waals surface area contributed by atoms with E-state index in [0.29, 0.717) is 6.08 Å². The highest BCUT2D eigenvalue weighted by Gasteiger charge is 2.10. The predicted octanol–water partition coefficient (Wildman–Crippen LogP) is -0.433. The van der Waals surface area contributed by atoms with Crippen LogP contribution in [0.4, 0.5) is 0 Å². The van der Waals surface area contributed by atoms with Crippen LogP contribution in [0.25, 0.3) is 0 Å². The lowest BCUT2D eigenvalue weighted by molar-refractivity contribution is -0.135. The summed E-state index contributed by atoms with van der Waals surface area (Å²) in [4.78, 5) is 42.4. The number of hydrogen-bond acceptors (Lipinski definition) is 4. The van der Waals surface area contributed by atoms with E-state index < -0.39 is 17.8 Å². The van der Waals surface area contributed by atoms with Crippen molar-refractivity contribution in [2.75, 3.05) is 6.54 Å². The van der Waals surface area contributed by atoms with Crippen LogP contribution in [0.2, 0.25) is 0 Å². The first-order valence-corrected chi connectivity index (χ1v) is 4.76. The molecule has 0 saturated heterocycles. The fourth-order valence-electron chi connectivity index (χ4n) is 1.02. The minimum Gasteiger partial charge on any atom is -0.478 e. The molecule has 1 amide bonds. The van der Waals surface area contributed by atoms with Gasteiger partial charge in [-0.1, -0.05) is 0 Å². The van der Waals surface area contributed by atoms with Gasteiger partial charge in [-0.25, -0.2) is 9.59 Å². The predicted molar refractivity (Wildman–Crippen MR) is 56.3 cm³/mol. The SMILES string of the molecule is CC(=O)CC(=O)NCC/C(=C/C(=O)O)C(=O)O. The molecule has 0 rings (SSSR count). The molecule has 0 heterocycles. The summed E-state index contributed by atoms with van der Waals surface area (Å²) >= 11 is 0. The van der Waals surface area contributed by atoms with Crippen LogP contribution < -0.4 is 5.32 Å². The number of carboxylic acids is 2. The molecular formula is C10H13NO6. The zero-order valence-corrected chi connectivity index (χ0v) is 9.23. The molecule has 0 aromatic heterocycles. The van der Waals surface area contributed by atoms with Crippen molar-refractivity contribution in [1.82, 2.24) is 5.32 Å². The van der Waals surface area contributed by atoms with Crippen LogP contribution in [0.3, 0.4) is 0 Å². The average Bonchev–Trinajstić information content (AvgIpc) is 2.13. The number of ketones is 1. The van der Waals surface area contributed by atoms with Crippen molar-refractivity contribution in [3.05, 3.63) is 11.6 Å². The van der Waals surface area contributed by atoms with Crippen molar-refractivity contribution >= 4 is 23.6 Å². The van der Waals surface area contributed by atoms with Gasteiger partial charge in [0, 0.05) is 18.2 Å². The quantitative estimate of drug-likeness (QED) is 0.412. The van der Waals surface area contributed by atoms with Gasteiger partial charge >= 0.3 is 11.9 Å². The van der Waals surface area contributed by atoms with E-state index in [4.69, 9.17) is 10.2 Å². The van der Waals surface area contributed by atoms with E-state index in [9.17, 15) is 19.2 Å². The Bertz CT molecular complexity index is 371. The highest BCUT2D eigenvalue weighted by molar-refractivity contribution is 5.97. The Hall–Kier alpha value is -2.18. The third-order valence-corrected chi connectivity index (χ3v) is 1.70. The summed E-state index contributed by atoms with van der Waals surface area (Å²) in [5, 5.41) is 19.3. The Balaban J connectivity index is 4.17. The third kappa shape index (κ3) is 7.71. The molecule has 94 valence electrons. The highest BCUT2D eigenvalue weighted by atomic mass is 16.4. The van der Waals surface area contributed by atoms with Crippen LogP contribution in [0.15, 0.2) is 11.6 Å². The van der Waals surface area contributed by atoms with Crippen LogP contribution in [-0.2, 0) is 19.2 Å². The van der Waals surface area contributed by atoms with Crippen molar-refractivity contribution in [3.8, 4) is 0 Å². The molecule has 0 atom stereocenters. The highest BCUT2D eigenvalue weighted by Crippen LogP contribution is 2.00. The average molecular weight is 243 g/mol. The molecular weight excluding hydrogens is 230 g/mol. The van der Waals surface area contributed by atoms with Gasteiger partial charge in [-0.2, -0.15) is 0 Å². The second-order valence-corrected chi connectivity index (χ2v) is 3.29. The molecule has 0 aliphatic rings. The zero-order chi connectivity index (χ0) is 13.4. The zero-order valence-electron chi connectivity index (χ0n) is 9.23. The first-order chi connectivity index (χ1) is 7.82. The van der Waals surface area contributed by atoms with Crippen molar-refractivity contribution in [1.29, 1.82) is 0 Å². The van der Waals surface area contributed by atoms with E-state index in [0.717, 1.165) is 0 Å². The van der Waals surface area contributed by atoms with Gasteiger partial charge in [0.15, 0.2) is 0 Å². The molecule has 0 spiro atoms. The topological polar surface area (TPSA) is 121 Å². The number of nitrogens with one attached hydrogen (secondary N) is 1. The number of carbonyl (C=O) groups excluding carboxylic acids is 2. The summed E-state index contributed by atoms with van der Waals surface area (Å²) in [5.41, 5.74) is -0.319. The molecule has 0 saturated carbocycles. The van der Waals surface area contributed by atoms with Crippen molar-refractivity contribution in [2.45, 2.75) is 19.8 Å². The fourth-order valence-corrected chi connectivity index (χ4v) is 1.02. The van der Waals surface area contributed by atoms with Gasteiger partial charge in [-0.15, -0.1) is 0 Å². The van der Waals surface area contributed by atoms with Crippen LogP contribution in [-0.4, -0.2) is 40.4 Å². The molecule has 0 radical (unpaired) electrons. The number of amides is 1. The third-order valence-electron chi connectivity index (χ3n) is 1.70. The minimum absolute atomic E-state index is 0.0302. The van der Waals surface area contributed by atoms with Crippen LogP contribution in [0, 0.1) is 0 Å². The second kappa shape index (κ2) is 7.15. The molecule has 0 aromatic carbocycles. The Morgan fingerprint density at radius 3 is 2.18 bits per heavy atom. The lowest BCUT2D eigenvalue weighted by Gasteiger charge is -2.04. The summed E-state index contributed by atoms with van der Waals surface area (Å²) in [7, 11) is 0. The summed E-state index contributed by atoms with van der Waals surface area (Å²) in [5.74, 6) is -3.54. The summed E-state index contributed by atoms with van der Waals surface area (Å²) < 4.78 is 0. The first-order valence-electron chi connectivity index (χ1n) is 4.76. The van der Waals surface area contributed by atoms with Gasteiger partial charge in [0.1, 0.15) is 5.78 Å². The summed E-state index contributed by atoms with van der Waals surface area (Å²) in [6, 6.07) is 0. The van der Waals surface area contributed by atoms with Crippen molar-refractivity contribution < 1.29 is 29.4 Å². The molecule has 0 aliphatic carbocycles. The van der Waals surface area contributed by atoms with Crippen molar-refractivity contribution in [3.63, 3.8) is 0 Å².